The number of rotatable bonds is 2. The Kier molecular flexibility index (Phi) is 2.21. The molecule has 1 atom stereocenters. The zero-order chi connectivity index (χ0) is 9.26. The lowest BCUT2D eigenvalue weighted by atomic mass is 10.1. The summed E-state index contributed by atoms with van der Waals surface area (Å²) in [4.78, 5) is 6.97. The molecule has 0 saturated heterocycles. The summed E-state index contributed by atoms with van der Waals surface area (Å²) in [5.41, 5.74) is 1.37. The molecule has 0 amide bonds. The Labute approximate surface area is 79.7 Å². The fourth-order valence-electron chi connectivity index (χ4n) is 1.83. The number of hydrogen-bond donors (Lipinski definition) is 0. The summed E-state index contributed by atoms with van der Waals surface area (Å²) in [5, 5.41) is 0. The second-order valence-electron chi connectivity index (χ2n) is 3.55. The number of allylic oxidation sites excluding steroid dienone is 2. The number of fused-ring (bicyclic) bond motifs is 1. The summed E-state index contributed by atoms with van der Waals surface area (Å²) < 4.78 is 0. The van der Waals surface area contributed by atoms with E-state index in [9.17, 15) is 0 Å². The van der Waals surface area contributed by atoms with E-state index in [1.165, 1.54) is 11.4 Å². The minimum absolute atomic E-state index is 0.507. The van der Waals surface area contributed by atoms with Crippen molar-refractivity contribution in [1.29, 1.82) is 0 Å². The molecule has 0 bridgehead atoms. The quantitative estimate of drug-likeness (QED) is 0.630. The van der Waals surface area contributed by atoms with E-state index in [-0.39, 0.29) is 0 Å². The lowest BCUT2D eigenvalue weighted by molar-refractivity contribution is 0.526. The molecule has 70 valence electrons. The van der Waals surface area contributed by atoms with Crippen LogP contribution in [0.5, 0.6) is 0 Å². The van der Waals surface area contributed by atoms with Crippen LogP contribution in [0.1, 0.15) is 26.7 Å². The Morgan fingerprint density at radius 1 is 1.54 bits per heavy atom. The van der Waals surface area contributed by atoms with Crippen LogP contribution in [-0.4, -0.2) is 23.3 Å². The average molecular weight is 176 g/mol. The molecule has 13 heavy (non-hydrogen) atoms. The second kappa shape index (κ2) is 3.36. The molecule has 2 aliphatic heterocycles. The van der Waals surface area contributed by atoms with Crippen molar-refractivity contribution in [2.24, 2.45) is 4.99 Å². The maximum absolute atomic E-state index is 4.70. The highest BCUT2D eigenvalue weighted by Crippen LogP contribution is 2.22. The van der Waals surface area contributed by atoms with Gasteiger partial charge in [0.1, 0.15) is 5.84 Å². The Hall–Kier alpha value is -1.05. The van der Waals surface area contributed by atoms with E-state index >= 15 is 0 Å². The topological polar surface area (TPSA) is 15.6 Å². The van der Waals surface area contributed by atoms with E-state index in [0.29, 0.717) is 6.04 Å². The van der Waals surface area contributed by atoms with Crippen LogP contribution in [0.15, 0.2) is 28.9 Å². The van der Waals surface area contributed by atoms with Crippen LogP contribution >= 0.6 is 0 Å². The third-order valence-electron chi connectivity index (χ3n) is 2.69. The molecule has 1 unspecified atom stereocenters. The van der Waals surface area contributed by atoms with Crippen molar-refractivity contribution in [1.82, 2.24) is 4.90 Å². The van der Waals surface area contributed by atoms with Gasteiger partial charge in [-0.1, -0.05) is 19.9 Å². The molecule has 0 fully saturated rings. The van der Waals surface area contributed by atoms with Gasteiger partial charge in [-0.3, -0.25) is 4.99 Å². The van der Waals surface area contributed by atoms with Crippen molar-refractivity contribution in [2.45, 2.75) is 32.7 Å². The van der Waals surface area contributed by atoms with E-state index in [1.54, 1.807) is 0 Å². The first kappa shape index (κ1) is 8.54. The minimum Gasteiger partial charge on any atom is -0.331 e. The minimum atomic E-state index is 0.507. The van der Waals surface area contributed by atoms with Gasteiger partial charge in [0.15, 0.2) is 0 Å². The standard InChI is InChI=1S/C11H16N2/c1-3-9-6-5-7-13-8-10(4-2)12-11(9)13/h5-7,10H,3-4,8H2,1-2H3. The van der Waals surface area contributed by atoms with Crippen molar-refractivity contribution in [3.63, 3.8) is 0 Å². The Morgan fingerprint density at radius 2 is 2.38 bits per heavy atom. The SMILES string of the molecule is CCC1=CC=CN2CC(CC)N=C12. The Bertz CT molecular complexity index is 286. The lowest BCUT2D eigenvalue weighted by Crippen LogP contribution is -2.26. The molecule has 0 saturated carbocycles. The lowest BCUT2D eigenvalue weighted by Gasteiger charge is -2.20. The largest absolute Gasteiger partial charge is 0.331 e. The normalized spacial score (nSPS) is 25.7. The molecule has 2 heteroatoms. The van der Waals surface area contributed by atoms with Crippen LogP contribution in [0.2, 0.25) is 0 Å². The van der Waals surface area contributed by atoms with Gasteiger partial charge in [0, 0.05) is 12.7 Å². The van der Waals surface area contributed by atoms with Crippen LogP contribution in [0.25, 0.3) is 0 Å². The summed E-state index contributed by atoms with van der Waals surface area (Å²) in [6.45, 7) is 5.46. The molecular formula is C11H16N2. The number of nitrogens with zero attached hydrogens (tertiary/aromatic N) is 2. The van der Waals surface area contributed by atoms with Gasteiger partial charge in [0.25, 0.3) is 0 Å². The van der Waals surface area contributed by atoms with Crippen LogP contribution in [-0.2, 0) is 0 Å². The van der Waals surface area contributed by atoms with Gasteiger partial charge in [0.2, 0.25) is 0 Å². The molecule has 0 N–H and O–H groups in total. The van der Waals surface area contributed by atoms with Gasteiger partial charge in [-0.15, -0.1) is 0 Å². The highest BCUT2D eigenvalue weighted by molar-refractivity contribution is 6.01. The van der Waals surface area contributed by atoms with Crippen molar-refractivity contribution >= 4 is 5.84 Å². The molecule has 0 aromatic carbocycles. The summed E-state index contributed by atoms with van der Waals surface area (Å²) >= 11 is 0. The molecule has 0 aliphatic carbocycles. The summed E-state index contributed by atoms with van der Waals surface area (Å²) in [6, 6.07) is 0.507. The fourth-order valence-corrected chi connectivity index (χ4v) is 1.83. The zero-order valence-electron chi connectivity index (χ0n) is 8.33. The summed E-state index contributed by atoms with van der Waals surface area (Å²) in [7, 11) is 0. The molecular weight excluding hydrogens is 160 g/mol. The second-order valence-corrected chi connectivity index (χ2v) is 3.55. The van der Waals surface area contributed by atoms with Crippen LogP contribution in [0.4, 0.5) is 0 Å². The first-order valence-corrected chi connectivity index (χ1v) is 5.07. The zero-order valence-corrected chi connectivity index (χ0v) is 8.33. The molecule has 2 aliphatic rings. The fraction of sp³-hybridized carbons (Fsp3) is 0.545. The van der Waals surface area contributed by atoms with Gasteiger partial charge < -0.3 is 4.90 Å². The Balaban J connectivity index is 2.25. The Morgan fingerprint density at radius 3 is 3.08 bits per heavy atom. The molecule has 0 spiro atoms. The highest BCUT2D eigenvalue weighted by Gasteiger charge is 2.25. The number of aliphatic imine (C=N–C) groups is 1. The van der Waals surface area contributed by atoms with Crippen molar-refractivity contribution in [3.05, 3.63) is 23.9 Å². The van der Waals surface area contributed by atoms with Crippen molar-refractivity contribution in [3.8, 4) is 0 Å². The average Bonchev–Trinajstić information content (AvgIpc) is 2.59. The van der Waals surface area contributed by atoms with Gasteiger partial charge >= 0.3 is 0 Å². The molecule has 2 rings (SSSR count). The molecule has 2 heterocycles. The van der Waals surface area contributed by atoms with Crippen molar-refractivity contribution < 1.29 is 0 Å². The van der Waals surface area contributed by atoms with E-state index < -0.39 is 0 Å². The van der Waals surface area contributed by atoms with Gasteiger partial charge in [-0.05, 0) is 24.5 Å². The molecule has 0 aromatic rings. The highest BCUT2D eigenvalue weighted by atomic mass is 15.2. The van der Waals surface area contributed by atoms with Crippen LogP contribution < -0.4 is 0 Å². The van der Waals surface area contributed by atoms with E-state index in [1.807, 2.05) is 0 Å². The van der Waals surface area contributed by atoms with Gasteiger partial charge in [-0.2, -0.15) is 0 Å². The molecule has 0 radical (unpaired) electrons. The predicted molar refractivity (Wildman–Crippen MR) is 55.7 cm³/mol. The van der Waals surface area contributed by atoms with Gasteiger partial charge in [-0.25, -0.2) is 0 Å². The third kappa shape index (κ3) is 1.41. The van der Waals surface area contributed by atoms with E-state index in [2.05, 4.69) is 37.1 Å². The maximum atomic E-state index is 4.70. The molecule has 2 nitrogen and oxygen atoms in total. The van der Waals surface area contributed by atoms with Crippen LogP contribution in [0.3, 0.4) is 0 Å². The van der Waals surface area contributed by atoms with E-state index in [4.69, 9.17) is 4.99 Å². The maximum Gasteiger partial charge on any atom is 0.131 e. The monoisotopic (exact) mass is 176 g/mol. The number of amidine groups is 1. The summed E-state index contributed by atoms with van der Waals surface area (Å²) in [6.07, 6.45) is 8.65. The molecule has 0 aromatic heterocycles. The smallest absolute Gasteiger partial charge is 0.131 e. The van der Waals surface area contributed by atoms with E-state index in [0.717, 1.165) is 19.4 Å². The first-order valence-electron chi connectivity index (χ1n) is 5.07. The predicted octanol–water partition coefficient (Wildman–Crippen LogP) is 2.34. The first-order chi connectivity index (χ1) is 6.35. The number of hydrogen-bond acceptors (Lipinski definition) is 2. The van der Waals surface area contributed by atoms with Crippen molar-refractivity contribution in [2.75, 3.05) is 6.54 Å². The van der Waals surface area contributed by atoms with Gasteiger partial charge in [0.05, 0.1) is 6.04 Å². The summed E-state index contributed by atoms with van der Waals surface area (Å²) in [5.74, 6) is 1.21. The van der Waals surface area contributed by atoms with Crippen LogP contribution in [0, 0.1) is 0 Å². The third-order valence-corrected chi connectivity index (χ3v) is 2.69.